The quantitative estimate of drug-likeness (QED) is 0.812. The number of hydrogen-bond donors (Lipinski definition) is 2. The van der Waals surface area contributed by atoms with Crippen molar-refractivity contribution < 1.29 is 14.3 Å². The molecule has 19 heavy (non-hydrogen) atoms. The van der Waals surface area contributed by atoms with E-state index in [1.165, 1.54) is 12.1 Å². The molecular formula is C15H14FNO2. The molecule has 0 saturated carbocycles. The number of carbonyl (C=O) groups is 1. The van der Waals surface area contributed by atoms with Crippen molar-refractivity contribution in [3.8, 4) is 5.75 Å². The third-order valence-corrected chi connectivity index (χ3v) is 2.89. The van der Waals surface area contributed by atoms with E-state index in [2.05, 4.69) is 5.32 Å². The van der Waals surface area contributed by atoms with Crippen LogP contribution in [0.15, 0.2) is 36.4 Å². The van der Waals surface area contributed by atoms with Gasteiger partial charge in [0, 0.05) is 11.3 Å². The van der Waals surface area contributed by atoms with Crippen LogP contribution in [0.2, 0.25) is 0 Å². The highest BCUT2D eigenvalue weighted by atomic mass is 19.1. The third-order valence-electron chi connectivity index (χ3n) is 2.89. The molecule has 0 aliphatic rings. The second kappa shape index (κ2) is 5.10. The van der Waals surface area contributed by atoms with Crippen LogP contribution in [0, 0.1) is 19.7 Å². The predicted molar refractivity (Wildman–Crippen MR) is 71.9 cm³/mol. The Hall–Kier alpha value is -2.36. The Morgan fingerprint density at radius 1 is 1.11 bits per heavy atom. The first kappa shape index (κ1) is 13.1. The van der Waals surface area contributed by atoms with Crippen molar-refractivity contribution >= 4 is 11.6 Å². The molecule has 0 aliphatic heterocycles. The molecule has 2 N–H and O–H groups in total. The lowest BCUT2D eigenvalue weighted by Crippen LogP contribution is -2.13. The van der Waals surface area contributed by atoms with E-state index in [9.17, 15) is 14.3 Å². The van der Waals surface area contributed by atoms with Crippen LogP contribution in [-0.4, -0.2) is 11.0 Å². The fourth-order valence-electron chi connectivity index (χ4n) is 1.72. The molecule has 0 bridgehead atoms. The van der Waals surface area contributed by atoms with Crippen LogP contribution in [-0.2, 0) is 0 Å². The highest BCUT2D eigenvalue weighted by Crippen LogP contribution is 2.21. The Kier molecular flexibility index (Phi) is 3.51. The van der Waals surface area contributed by atoms with Crippen LogP contribution >= 0.6 is 0 Å². The summed E-state index contributed by atoms with van der Waals surface area (Å²) in [6, 6.07) is 8.98. The third kappa shape index (κ3) is 2.91. The monoisotopic (exact) mass is 259 g/mol. The molecule has 0 fully saturated rings. The largest absolute Gasteiger partial charge is 0.508 e. The molecular weight excluding hydrogens is 245 g/mol. The maximum Gasteiger partial charge on any atom is 0.255 e. The number of hydrogen-bond acceptors (Lipinski definition) is 2. The summed E-state index contributed by atoms with van der Waals surface area (Å²) in [5, 5.41) is 12.0. The van der Waals surface area contributed by atoms with Gasteiger partial charge in [-0.15, -0.1) is 0 Å². The molecule has 0 unspecified atom stereocenters. The normalized spacial score (nSPS) is 10.3. The van der Waals surface area contributed by atoms with Crippen LogP contribution < -0.4 is 5.32 Å². The lowest BCUT2D eigenvalue weighted by Gasteiger charge is -2.09. The Bertz CT molecular complexity index is 638. The number of aryl methyl sites for hydroxylation is 2. The molecule has 2 aromatic rings. The highest BCUT2D eigenvalue weighted by molar-refractivity contribution is 6.04. The average molecular weight is 259 g/mol. The summed E-state index contributed by atoms with van der Waals surface area (Å²) in [6.07, 6.45) is 0. The number of benzene rings is 2. The van der Waals surface area contributed by atoms with E-state index in [0.29, 0.717) is 11.3 Å². The zero-order chi connectivity index (χ0) is 14.0. The number of aromatic hydroxyl groups is 1. The van der Waals surface area contributed by atoms with E-state index in [-0.39, 0.29) is 17.2 Å². The SMILES string of the molecule is Cc1ccc(C(=O)Nc2ccc(O)cc2C)cc1F. The summed E-state index contributed by atoms with van der Waals surface area (Å²) in [5.41, 5.74) is 2.08. The van der Waals surface area contributed by atoms with Crippen LogP contribution in [0.1, 0.15) is 21.5 Å². The topological polar surface area (TPSA) is 49.3 Å². The number of phenols is 1. The summed E-state index contributed by atoms with van der Waals surface area (Å²) in [6.45, 7) is 3.41. The summed E-state index contributed by atoms with van der Waals surface area (Å²) >= 11 is 0. The van der Waals surface area contributed by atoms with Gasteiger partial charge in [-0.1, -0.05) is 6.07 Å². The van der Waals surface area contributed by atoms with Gasteiger partial charge in [0.15, 0.2) is 0 Å². The molecule has 0 aliphatic carbocycles. The minimum absolute atomic E-state index is 0.136. The second-order valence-corrected chi connectivity index (χ2v) is 4.42. The van der Waals surface area contributed by atoms with E-state index in [1.54, 1.807) is 38.1 Å². The fraction of sp³-hybridized carbons (Fsp3) is 0.133. The van der Waals surface area contributed by atoms with E-state index in [0.717, 1.165) is 5.56 Å². The molecule has 1 amide bonds. The van der Waals surface area contributed by atoms with E-state index in [1.807, 2.05) is 0 Å². The average Bonchev–Trinajstić information content (AvgIpc) is 2.36. The Morgan fingerprint density at radius 2 is 1.84 bits per heavy atom. The zero-order valence-corrected chi connectivity index (χ0v) is 10.7. The molecule has 3 nitrogen and oxygen atoms in total. The standard InChI is InChI=1S/C15H14FNO2/c1-9-3-4-11(8-13(9)16)15(19)17-14-6-5-12(18)7-10(14)2/h3-8,18H,1-2H3,(H,17,19). The molecule has 4 heteroatoms. The molecule has 0 aromatic heterocycles. The first-order valence-corrected chi connectivity index (χ1v) is 5.84. The van der Waals surface area contributed by atoms with E-state index in [4.69, 9.17) is 0 Å². The van der Waals surface area contributed by atoms with Crippen molar-refractivity contribution in [2.75, 3.05) is 5.32 Å². The Balaban J connectivity index is 2.23. The van der Waals surface area contributed by atoms with Crippen molar-refractivity contribution in [3.63, 3.8) is 0 Å². The predicted octanol–water partition coefficient (Wildman–Crippen LogP) is 3.40. The number of nitrogens with one attached hydrogen (secondary N) is 1. The van der Waals surface area contributed by atoms with Crippen LogP contribution in [0.25, 0.3) is 0 Å². The second-order valence-electron chi connectivity index (χ2n) is 4.42. The lowest BCUT2D eigenvalue weighted by atomic mass is 10.1. The van der Waals surface area contributed by atoms with Gasteiger partial charge in [0.05, 0.1) is 0 Å². The van der Waals surface area contributed by atoms with E-state index >= 15 is 0 Å². The van der Waals surface area contributed by atoms with Crippen molar-refractivity contribution in [1.29, 1.82) is 0 Å². The summed E-state index contributed by atoms with van der Waals surface area (Å²) in [7, 11) is 0. The summed E-state index contributed by atoms with van der Waals surface area (Å²) in [5.74, 6) is -0.653. The van der Waals surface area contributed by atoms with Crippen molar-refractivity contribution in [2.24, 2.45) is 0 Å². The first-order valence-electron chi connectivity index (χ1n) is 5.84. The number of rotatable bonds is 2. The number of carbonyl (C=O) groups excluding carboxylic acids is 1. The molecule has 0 spiro atoms. The van der Waals surface area contributed by atoms with Crippen molar-refractivity contribution in [1.82, 2.24) is 0 Å². The van der Waals surface area contributed by atoms with Crippen molar-refractivity contribution in [2.45, 2.75) is 13.8 Å². The van der Waals surface area contributed by atoms with Gasteiger partial charge in [-0.25, -0.2) is 4.39 Å². The van der Waals surface area contributed by atoms with Gasteiger partial charge < -0.3 is 10.4 Å². The first-order chi connectivity index (χ1) is 8.97. The summed E-state index contributed by atoms with van der Waals surface area (Å²) < 4.78 is 13.4. The number of anilines is 1. The zero-order valence-electron chi connectivity index (χ0n) is 10.7. The minimum atomic E-state index is -0.407. The molecule has 2 rings (SSSR count). The molecule has 0 radical (unpaired) electrons. The molecule has 0 saturated heterocycles. The molecule has 98 valence electrons. The van der Waals surface area contributed by atoms with E-state index < -0.39 is 5.82 Å². The summed E-state index contributed by atoms with van der Waals surface area (Å²) in [4.78, 5) is 12.0. The number of halogens is 1. The Morgan fingerprint density at radius 3 is 2.47 bits per heavy atom. The van der Waals surface area contributed by atoms with Gasteiger partial charge in [0.2, 0.25) is 0 Å². The molecule has 0 heterocycles. The smallest absolute Gasteiger partial charge is 0.255 e. The minimum Gasteiger partial charge on any atom is -0.508 e. The number of phenolic OH excluding ortho intramolecular Hbond substituents is 1. The van der Waals surface area contributed by atoms with Gasteiger partial charge in [-0.2, -0.15) is 0 Å². The fourth-order valence-corrected chi connectivity index (χ4v) is 1.72. The molecule has 2 aromatic carbocycles. The Labute approximate surface area is 110 Å². The van der Waals surface area contributed by atoms with Gasteiger partial charge in [0.1, 0.15) is 11.6 Å². The van der Waals surface area contributed by atoms with Gasteiger partial charge in [-0.3, -0.25) is 4.79 Å². The maximum absolute atomic E-state index is 13.4. The van der Waals surface area contributed by atoms with Crippen LogP contribution in [0.4, 0.5) is 10.1 Å². The van der Waals surface area contributed by atoms with Gasteiger partial charge in [0.25, 0.3) is 5.91 Å². The van der Waals surface area contributed by atoms with Crippen LogP contribution in [0.3, 0.4) is 0 Å². The van der Waals surface area contributed by atoms with Gasteiger partial charge in [-0.05, 0) is 55.3 Å². The molecule has 0 atom stereocenters. The maximum atomic E-state index is 13.4. The highest BCUT2D eigenvalue weighted by Gasteiger charge is 2.10. The van der Waals surface area contributed by atoms with Gasteiger partial charge >= 0.3 is 0 Å². The van der Waals surface area contributed by atoms with Crippen LogP contribution in [0.5, 0.6) is 5.75 Å². The van der Waals surface area contributed by atoms with Crippen molar-refractivity contribution in [3.05, 3.63) is 58.9 Å². The number of amides is 1. The lowest BCUT2D eigenvalue weighted by molar-refractivity contribution is 0.102.